The van der Waals surface area contributed by atoms with E-state index in [2.05, 4.69) is 0 Å². The van der Waals surface area contributed by atoms with Crippen LogP contribution in [0.1, 0.15) is 132 Å². The molecule has 4 unspecified atom stereocenters. The van der Waals surface area contributed by atoms with Crippen molar-refractivity contribution in [2.24, 2.45) is 0 Å². The Morgan fingerprint density at radius 3 is 1.25 bits per heavy atom. The lowest BCUT2D eigenvalue weighted by Crippen LogP contribution is -2.30. The first-order chi connectivity index (χ1) is 13.9. The molecular weight excluding hydrogens is 336 g/mol. The number of aryl methyl sites for hydroxylation is 2. The SMILES string of the molecule is C1Cc2c3c4c5c(c6c7c8c5c2CCC8CCC7CCC6)CCC4CCC3C1. The van der Waals surface area contributed by atoms with E-state index in [9.17, 15) is 0 Å². The molecule has 0 aromatic heterocycles. The molecular formula is C28H32. The van der Waals surface area contributed by atoms with Gasteiger partial charge in [-0.2, -0.15) is 0 Å². The summed E-state index contributed by atoms with van der Waals surface area (Å²) in [4.78, 5) is 0. The fourth-order valence-corrected chi connectivity index (χ4v) is 9.25. The van der Waals surface area contributed by atoms with Crippen molar-refractivity contribution in [3.63, 3.8) is 0 Å². The van der Waals surface area contributed by atoms with Crippen molar-refractivity contribution in [3.8, 4) is 0 Å². The van der Waals surface area contributed by atoms with Crippen LogP contribution in [0.15, 0.2) is 0 Å². The average Bonchev–Trinajstić information content (AvgIpc) is 2.76. The lowest BCUT2D eigenvalue weighted by atomic mass is 9.57. The van der Waals surface area contributed by atoms with Crippen molar-refractivity contribution >= 4 is 10.8 Å². The molecule has 0 heterocycles. The molecule has 0 amide bonds. The van der Waals surface area contributed by atoms with Crippen molar-refractivity contribution in [2.75, 3.05) is 0 Å². The quantitative estimate of drug-likeness (QED) is 0.457. The van der Waals surface area contributed by atoms with E-state index < -0.39 is 0 Å². The van der Waals surface area contributed by atoms with Crippen molar-refractivity contribution in [3.05, 3.63) is 44.5 Å². The summed E-state index contributed by atoms with van der Waals surface area (Å²) in [6.45, 7) is 0. The van der Waals surface area contributed by atoms with E-state index in [-0.39, 0.29) is 0 Å². The summed E-state index contributed by atoms with van der Waals surface area (Å²) in [5, 5.41) is 3.75. The van der Waals surface area contributed by atoms with Gasteiger partial charge in [0.1, 0.15) is 0 Å². The Balaban J connectivity index is 1.62. The number of hydrogen-bond donors (Lipinski definition) is 0. The maximum Gasteiger partial charge on any atom is -0.0105 e. The first kappa shape index (κ1) is 15.5. The molecule has 0 spiro atoms. The normalized spacial score (nSPS) is 33.9. The van der Waals surface area contributed by atoms with Crippen molar-refractivity contribution in [1.29, 1.82) is 0 Å². The molecule has 8 rings (SSSR count). The Kier molecular flexibility index (Phi) is 2.91. The largest absolute Gasteiger partial charge is 0.0486 e. The molecule has 0 saturated heterocycles. The lowest BCUT2D eigenvalue weighted by molar-refractivity contribution is 0.403. The molecule has 2 aromatic carbocycles. The molecule has 0 aliphatic heterocycles. The monoisotopic (exact) mass is 368 g/mol. The van der Waals surface area contributed by atoms with E-state index in [1.165, 1.54) is 89.9 Å². The zero-order chi connectivity index (χ0) is 18.0. The number of benzene rings is 2. The van der Waals surface area contributed by atoms with Gasteiger partial charge >= 0.3 is 0 Å². The zero-order valence-corrected chi connectivity index (χ0v) is 17.2. The van der Waals surface area contributed by atoms with Crippen LogP contribution in [-0.2, 0) is 25.7 Å². The van der Waals surface area contributed by atoms with Gasteiger partial charge in [-0.05, 0) is 169 Å². The maximum absolute atomic E-state index is 1.93. The molecule has 0 nitrogen and oxygen atoms in total. The summed E-state index contributed by atoms with van der Waals surface area (Å²) >= 11 is 0. The second kappa shape index (κ2) is 5.24. The summed E-state index contributed by atoms with van der Waals surface area (Å²) < 4.78 is 0. The van der Waals surface area contributed by atoms with E-state index in [0.717, 1.165) is 23.7 Å². The number of hydrogen-bond acceptors (Lipinski definition) is 0. The van der Waals surface area contributed by atoms with Crippen molar-refractivity contribution < 1.29 is 0 Å². The summed E-state index contributed by atoms with van der Waals surface area (Å²) in [6.07, 6.45) is 20.4. The first-order valence-corrected chi connectivity index (χ1v) is 12.6. The topological polar surface area (TPSA) is 0 Å². The van der Waals surface area contributed by atoms with Crippen LogP contribution < -0.4 is 0 Å². The Morgan fingerprint density at radius 2 is 0.786 bits per heavy atom. The summed E-state index contributed by atoms with van der Waals surface area (Å²) in [5.74, 6) is 3.63. The summed E-state index contributed by atoms with van der Waals surface area (Å²) in [5.41, 5.74) is 15.3. The fourth-order valence-electron chi connectivity index (χ4n) is 9.25. The minimum absolute atomic E-state index is 0.901. The molecule has 0 bridgehead atoms. The molecule has 6 aliphatic carbocycles. The van der Waals surface area contributed by atoms with Gasteiger partial charge in [-0.25, -0.2) is 0 Å². The lowest BCUT2D eigenvalue weighted by Gasteiger charge is -2.47. The molecule has 0 saturated carbocycles. The molecule has 2 aromatic rings. The summed E-state index contributed by atoms with van der Waals surface area (Å²) in [6, 6.07) is 0. The van der Waals surface area contributed by atoms with Crippen LogP contribution in [0, 0.1) is 0 Å². The second-order valence-corrected chi connectivity index (χ2v) is 11.1. The zero-order valence-electron chi connectivity index (χ0n) is 17.2. The van der Waals surface area contributed by atoms with Gasteiger partial charge in [0.25, 0.3) is 0 Å². The molecule has 0 fully saturated rings. The van der Waals surface area contributed by atoms with Crippen LogP contribution in [0.25, 0.3) is 10.8 Å². The van der Waals surface area contributed by atoms with Gasteiger partial charge in [-0.15, -0.1) is 0 Å². The van der Waals surface area contributed by atoms with Crippen LogP contribution in [0.5, 0.6) is 0 Å². The van der Waals surface area contributed by atoms with E-state index in [1.54, 1.807) is 0 Å². The van der Waals surface area contributed by atoms with Gasteiger partial charge in [-0.3, -0.25) is 0 Å². The van der Waals surface area contributed by atoms with E-state index in [4.69, 9.17) is 0 Å². The molecule has 0 radical (unpaired) electrons. The highest BCUT2D eigenvalue weighted by Gasteiger charge is 2.43. The van der Waals surface area contributed by atoms with E-state index >= 15 is 0 Å². The van der Waals surface area contributed by atoms with Gasteiger partial charge in [0.15, 0.2) is 0 Å². The standard InChI is InChI=1S/C28H32/c1-3-15-7-9-17-12-14-22-20-6-2-4-16-8-10-18-11-13-21-19(5-1)23(15)25(17)28(22)27(21)26(18)24(16)20/h15-18H,1-14H2. The predicted molar refractivity (Wildman–Crippen MR) is 116 cm³/mol. The second-order valence-electron chi connectivity index (χ2n) is 11.1. The highest BCUT2D eigenvalue weighted by atomic mass is 14.5. The first-order valence-electron chi connectivity index (χ1n) is 12.6. The molecule has 4 atom stereocenters. The highest BCUT2D eigenvalue weighted by molar-refractivity contribution is 6.00. The van der Waals surface area contributed by atoms with Crippen LogP contribution in [0.3, 0.4) is 0 Å². The van der Waals surface area contributed by atoms with Gasteiger partial charge in [0.05, 0.1) is 0 Å². The molecule has 6 aliphatic rings. The molecule has 144 valence electrons. The van der Waals surface area contributed by atoms with Crippen LogP contribution in [-0.4, -0.2) is 0 Å². The highest BCUT2D eigenvalue weighted by Crippen LogP contribution is 2.60. The van der Waals surface area contributed by atoms with Gasteiger partial charge in [0.2, 0.25) is 0 Å². The van der Waals surface area contributed by atoms with Crippen molar-refractivity contribution in [2.45, 2.75) is 114 Å². The maximum atomic E-state index is 1.93. The van der Waals surface area contributed by atoms with Crippen LogP contribution in [0.4, 0.5) is 0 Å². The van der Waals surface area contributed by atoms with Gasteiger partial charge in [-0.1, -0.05) is 0 Å². The Labute approximate surface area is 169 Å². The van der Waals surface area contributed by atoms with Crippen LogP contribution >= 0.6 is 0 Å². The smallest absolute Gasteiger partial charge is 0.0105 e. The van der Waals surface area contributed by atoms with Gasteiger partial charge < -0.3 is 0 Å². The third-order valence-electron chi connectivity index (χ3n) is 10.2. The number of rotatable bonds is 0. The van der Waals surface area contributed by atoms with E-state index in [1.807, 2.05) is 55.3 Å². The number of fused-ring (bicyclic) bond motifs is 2. The summed E-state index contributed by atoms with van der Waals surface area (Å²) in [7, 11) is 0. The molecule has 0 N–H and O–H groups in total. The Hall–Kier alpha value is -1.30. The van der Waals surface area contributed by atoms with Gasteiger partial charge in [0, 0.05) is 0 Å². The predicted octanol–water partition coefficient (Wildman–Crippen LogP) is 7.33. The minimum atomic E-state index is 0.901. The minimum Gasteiger partial charge on any atom is -0.0486 e. The molecule has 0 heteroatoms. The third kappa shape index (κ3) is 1.69. The van der Waals surface area contributed by atoms with Crippen molar-refractivity contribution in [1.82, 2.24) is 0 Å². The fraction of sp³-hybridized carbons (Fsp3) is 0.643. The Bertz CT molecular complexity index is 969. The Morgan fingerprint density at radius 1 is 0.357 bits per heavy atom. The average molecular weight is 369 g/mol. The molecule has 28 heavy (non-hydrogen) atoms. The third-order valence-corrected chi connectivity index (χ3v) is 10.2. The van der Waals surface area contributed by atoms with Crippen LogP contribution in [0.2, 0.25) is 0 Å². The van der Waals surface area contributed by atoms with E-state index in [0.29, 0.717) is 0 Å².